The molecular formula is C14H19N3O3. The number of carbonyl (C=O) groups is 2. The van der Waals surface area contributed by atoms with E-state index < -0.39 is 5.97 Å². The van der Waals surface area contributed by atoms with E-state index in [-0.39, 0.29) is 17.2 Å². The second-order valence-electron chi connectivity index (χ2n) is 4.98. The number of carbonyl (C=O) groups excluding carboxylic acids is 1. The average molecular weight is 277 g/mol. The van der Waals surface area contributed by atoms with Gasteiger partial charge < -0.3 is 14.9 Å². The molecule has 6 heteroatoms. The molecule has 0 atom stereocenters. The molecule has 0 aromatic carbocycles. The number of likely N-dealkylation sites (tertiary alicyclic amines) is 1. The van der Waals surface area contributed by atoms with Gasteiger partial charge >= 0.3 is 5.97 Å². The summed E-state index contributed by atoms with van der Waals surface area (Å²) in [5.74, 6) is -1.48. The first kappa shape index (κ1) is 14.5. The van der Waals surface area contributed by atoms with Gasteiger partial charge in [0.2, 0.25) is 0 Å². The number of likely N-dealkylation sites (N-methyl/N-ethyl adjacent to an activating group) is 1. The van der Waals surface area contributed by atoms with Gasteiger partial charge in [-0.2, -0.15) is 0 Å². The number of aromatic nitrogens is 1. The summed E-state index contributed by atoms with van der Waals surface area (Å²) in [7, 11) is 1.68. The number of pyridine rings is 1. The van der Waals surface area contributed by atoms with Crippen molar-refractivity contribution in [2.24, 2.45) is 0 Å². The fourth-order valence-corrected chi connectivity index (χ4v) is 2.33. The van der Waals surface area contributed by atoms with Crippen LogP contribution >= 0.6 is 0 Å². The minimum atomic E-state index is -1.13. The third kappa shape index (κ3) is 3.33. The van der Waals surface area contributed by atoms with E-state index in [2.05, 4.69) is 9.88 Å². The van der Waals surface area contributed by atoms with Crippen molar-refractivity contribution in [3.8, 4) is 0 Å². The molecule has 1 aromatic heterocycles. The molecule has 0 radical (unpaired) electrons. The van der Waals surface area contributed by atoms with Crippen molar-refractivity contribution in [2.75, 3.05) is 33.2 Å². The Bertz CT molecular complexity index is 498. The maximum Gasteiger partial charge on any atom is 0.338 e. The van der Waals surface area contributed by atoms with Gasteiger partial charge in [-0.05, 0) is 38.1 Å². The summed E-state index contributed by atoms with van der Waals surface area (Å²) < 4.78 is 0. The first-order chi connectivity index (χ1) is 9.59. The van der Waals surface area contributed by atoms with Gasteiger partial charge in [0.1, 0.15) is 5.69 Å². The number of carboxylic acids is 1. The van der Waals surface area contributed by atoms with E-state index in [1.54, 1.807) is 7.05 Å². The summed E-state index contributed by atoms with van der Waals surface area (Å²) in [6.07, 6.45) is 3.86. The molecule has 0 bridgehead atoms. The molecule has 0 spiro atoms. The molecule has 2 rings (SSSR count). The Labute approximate surface area is 118 Å². The van der Waals surface area contributed by atoms with Gasteiger partial charge in [-0.25, -0.2) is 4.79 Å². The van der Waals surface area contributed by atoms with Crippen molar-refractivity contribution >= 4 is 11.9 Å². The van der Waals surface area contributed by atoms with E-state index in [1.807, 2.05) is 0 Å². The molecule has 0 saturated carbocycles. The fraction of sp³-hybridized carbons (Fsp3) is 0.500. The highest BCUT2D eigenvalue weighted by Crippen LogP contribution is 2.10. The quantitative estimate of drug-likeness (QED) is 0.867. The van der Waals surface area contributed by atoms with Gasteiger partial charge in [-0.1, -0.05) is 0 Å². The van der Waals surface area contributed by atoms with Crippen LogP contribution in [0, 0.1) is 0 Å². The maximum absolute atomic E-state index is 12.3. The second-order valence-corrected chi connectivity index (χ2v) is 4.98. The van der Waals surface area contributed by atoms with Crippen LogP contribution in [-0.4, -0.2) is 65.0 Å². The molecule has 0 aliphatic carbocycles. The van der Waals surface area contributed by atoms with Crippen LogP contribution < -0.4 is 0 Å². The Hall–Kier alpha value is -1.95. The van der Waals surface area contributed by atoms with Crippen LogP contribution in [0.25, 0.3) is 0 Å². The molecule has 1 aliphatic heterocycles. The summed E-state index contributed by atoms with van der Waals surface area (Å²) in [5.41, 5.74) is -0.0468. The highest BCUT2D eigenvalue weighted by atomic mass is 16.4. The summed E-state index contributed by atoms with van der Waals surface area (Å²) >= 11 is 0. The first-order valence-electron chi connectivity index (χ1n) is 6.75. The highest BCUT2D eigenvalue weighted by Gasteiger charge is 2.21. The summed E-state index contributed by atoms with van der Waals surface area (Å²) in [5, 5.41) is 9.08. The zero-order valence-electron chi connectivity index (χ0n) is 11.6. The molecule has 2 heterocycles. The lowest BCUT2D eigenvalue weighted by Crippen LogP contribution is -2.36. The van der Waals surface area contributed by atoms with E-state index in [0.29, 0.717) is 6.54 Å². The number of aromatic carboxylic acids is 1. The number of hydrogen-bond acceptors (Lipinski definition) is 4. The van der Waals surface area contributed by atoms with Crippen molar-refractivity contribution < 1.29 is 14.7 Å². The van der Waals surface area contributed by atoms with Gasteiger partial charge in [-0.3, -0.25) is 9.78 Å². The molecular weight excluding hydrogens is 258 g/mol. The summed E-state index contributed by atoms with van der Waals surface area (Å²) in [4.78, 5) is 31.1. The zero-order valence-corrected chi connectivity index (χ0v) is 11.6. The van der Waals surface area contributed by atoms with Crippen LogP contribution in [0.15, 0.2) is 18.3 Å². The van der Waals surface area contributed by atoms with E-state index in [1.165, 1.54) is 36.1 Å². The van der Waals surface area contributed by atoms with E-state index in [4.69, 9.17) is 5.11 Å². The third-order valence-corrected chi connectivity index (χ3v) is 3.54. The van der Waals surface area contributed by atoms with Gasteiger partial charge in [0.05, 0.1) is 5.56 Å². The smallest absolute Gasteiger partial charge is 0.338 e. The molecule has 1 N–H and O–H groups in total. The third-order valence-electron chi connectivity index (χ3n) is 3.54. The normalized spacial score (nSPS) is 15.2. The largest absolute Gasteiger partial charge is 0.478 e. The number of amides is 1. The standard InChI is InChI=1S/C14H19N3O3/c1-16(9-10-17-7-2-3-8-17)13(18)12-11(14(19)20)5-4-6-15-12/h4-6H,2-3,7-10H2,1H3,(H,19,20). The molecule has 108 valence electrons. The number of hydrogen-bond donors (Lipinski definition) is 1. The molecule has 6 nitrogen and oxygen atoms in total. The number of carboxylic acid groups (broad SMARTS) is 1. The highest BCUT2D eigenvalue weighted by molar-refractivity contribution is 6.03. The van der Waals surface area contributed by atoms with E-state index >= 15 is 0 Å². The van der Waals surface area contributed by atoms with Gasteiger partial charge in [-0.15, -0.1) is 0 Å². The van der Waals surface area contributed by atoms with Gasteiger partial charge in [0.25, 0.3) is 5.91 Å². The van der Waals surface area contributed by atoms with Crippen molar-refractivity contribution in [1.29, 1.82) is 0 Å². The van der Waals surface area contributed by atoms with E-state index in [0.717, 1.165) is 19.6 Å². The Morgan fingerprint density at radius 1 is 1.40 bits per heavy atom. The number of rotatable bonds is 5. The lowest BCUT2D eigenvalue weighted by atomic mass is 10.2. The van der Waals surface area contributed by atoms with Crippen molar-refractivity contribution in [3.63, 3.8) is 0 Å². The van der Waals surface area contributed by atoms with Crippen molar-refractivity contribution in [1.82, 2.24) is 14.8 Å². The molecule has 1 aromatic rings. The van der Waals surface area contributed by atoms with Gasteiger partial charge in [0, 0.05) is 26.3 Å². The maximum atomic E-state index is 12.3. The Kier molecular flexibility index (Phi) is 4.68. The van der Waals surface area contributed by atoms with Crippen LogP contribution in [-0.2, 0) is 0 Å². The lowest BCUT2D eigenvalue weighted by Gasteiger charge is -2.21. The molecule has 1 fully saturated rings. The second kappa shape index (κ2) is 6.47. The van der Waals surface area contributed by atoms with Crippen LogP contribution in [0.3, 0.4) is 0 Å². The van der Waals surface area contributed by atoms with E-state index in [9.17, 15) is 9.59 Å². The average Bonchev–Trinajstić information content (AvgIpc) is 2.97. The predicted molar refractivity (Wildman–Crippen MR) is 73.8 cm³/mol. The first-order valence-corrected chi connectivity index (χ1v) is 6.75. The van der Waals surface area contributed by atoms with Crippen LogP contribution in [0.5, 0.6) is 0 Å². The molecule has 1 amide bonds. The Balaban J connectivity index is 2.00. The molecule has 1 saturated heterocycles. The minimum absolute atomic E-state index is 0.00363. The van der Waals surface area contributed by atoms with Crippen LogP contribution in [0.1, 0.15) is 33.7 Å². The minimum Gasteiger partial charge on any atom is -0.478 e. The summed E-state index contributed by atoms with van der Waals surface area (Å²) in [6.45, 7) is 3.55. The van der Waals surface area contributed by atoms with Crippen LogP contribution in [0.4, 0.5) is 0 Å². The zero-order chi connectivity index (χ0) is 14.5. The SMILES string of the molecule is CN(CCN1CCCC1)C(=O)c1ncccc1C(=O)O. The lowest BCUT2D eigenvalue weighted by molar-refractivity contribution is 0.0677. The van der Waals surface area contributed by atoms with Crippen LogP contribution in [0.2, 0.25) is 0 Å². The molecule has 20 heavy (non-hydrogen) atoms. The molecule has 0 unspecified atom stereocenters. The topological polar surface area (TPSA) is 73.7 Å². The monoisotopic (exact) mass is 277 g/mol. The Morgan fingerprint density at radius 3 is 2.75 bits per heavy atom. The fourth-order valence-electron chi connectivity index (χ4n) is 2.33. The predicted octanol–water partition coefficient (Wildman–Crippen LogP) is 0.948. The Morgan fingerprint density at radius 2 is 2.10 bits per heavy atom. The van der Waals surface area contributed by atoms with Crippen molar-refractivity contribution in [3.05, 3.63) is 29.6 Å². The molecule has 1 aliphatic rings. The van der Waals surface area contributed by atoms with Gasteiger partial charge in [0.15, 0.2) is 0 Å². The van der Waals surface area contributed by atoms with Crippen molar-refractivity contribution in [2.45, 2.75) is 12.8 Å². The number of nitrogens with zero attached hydrogens (tertiary/aromatic N) is 3. The summed E-state index contributed by atoms with van der Waals surface area (Å²) in [6, 6.07) is 2.92.